The maximum absolute atomic E-state index is 12.4. The molecule has 4 nitrogen and oxygen atoms in total. The Hall–Kier alpha value is -0.740. The van der Waals surface area contributed by atoms with Gasteiger partial charge in [0.25, 0.3) is 0 Å². The number of aliphatic hydroxyl groups is 2. The Labute approximate surface area is 175 Å². The average Bonchev–Trinajstić information content (AvgIpc) is 3.09. The minimum atomic E-state index is -1.06. The van der Waals surface area contributed by atoms with Crippen LogP contribution in [0.25, 0.3) is 0 Å². The third-order valence-electron chi connectivity index (χ3n) is 10.5. The van der Waals surface area contributed by atoms with Crippen LogP contribution in [0.4, 0.5) is 0 Å². The lowest BCUT2D eigenvalue weighted by Crippen LogP contribution is -2.54. The highest BCUT2D eigenvalue weighted by Gasteiger charge is 2.72. The van der Waals surface area contributed by atoms with E-state index >= 15 is 0 Å². The van der Waals surface area contributed by atoms with E-state index in [1.807, 2.05) is 0 Å². The Morgan fingerprint density at radius 1 is 1.14 bits per heavy atom. The molecule has 0 heterocycles. The maximum Gasteiger partial charge on any atom is 0.129 e. The van der Waals surface area contributed by atoms with E-state index in [9.17, 15) is 19.8 Å². The molecule has 4 heteroatoms. The van der Waals surface area contributed by atoms with E-state index < -0.39 is 11.7 Å². The largest absolute Gasteiger partial charge is 0.393 e. The lowest BCUT2D eigenvalue weighted by molar-refractivity contribution is -0.156. The number of aldehydes is 1. The van der Waals surface area contributed by atoms with Crippen molar-refractivity contribution in [1.82, 2.24) is 0 Å². The predicted molar refractivity (Wildman–Crippen MR) is 112 cm³/mol. The zero-order valence-electron chi connectivity index (χ0n) is 18.7. The summed E-state index contributed by atoms with van der Waals surface area (Å²) < 4.78 is 0. The Bertz CT molecular complexity index is 676. The molecule has 0 aromatic rings. The third-order valence-corrected chi connectivity index (χ3v) is 10.5. The van der Waals surface area contributed by atoms with Gasteiger partial charge in [0, 0.05) is 24.2 Å². The quantitative estimate of drug-likeness (QED) is 0.675. The second-order valence-electron chi connectivity index (χ2n) is 11.6. The Kier molecular flexibility index (Phi) is 5.30. The van der Waals surface area contributed by atoms with Crippen LogP contribution in [-0.4, -0.2) is 34.0 Å². The summed E-state index contributed by atoms with van der Waals surface area (Å²) in [6, 6.07) is 0. The molecule has 4 aliphatic carbocycles. The fraction of sp³-hybridized carbons (Fsp3) is 0.920. The van der Waals surface area contributed by atoms with Gasteiger partial charge in [-0.05, 0) is 86.9 Å². The first-order chi connectivity index (χ1) is 13.6. The van der Waals surface area contributed by atoms with E-state index in [2.05, 4.69) is 20.8 Å². The minimum Gasteiger partial charge on any atom is -0.393 e. The van der Waals surface area contributed by atoms with Crippen LogP contribution < -0.4 is 0 Å². The average molecular weight is 405 g/mol. The number of Topliss-reactive ketones (excluding diaryl/α,β-unsaturated/α-hetero) is 1. The maximum atomic E-state index is 12.4. The molecular weight excluding hydrogens is 364 g/mol. The monoisotopic (exact) mass is 404 g/mol. The number of carbonyl (C=O) groups excluding carboxylic acids is 2. The molecule has 0 spiro atoms. The predicted octanol–water partition coefficient (Wildman–Crippen LogP) is 4.16. The summed E-state index contributed by atoms with van der Waals surface area (Å²) in [5, 5.41) is 22.2. The van der Waals surface area contributed by atoms with Gasteiger partial charge in [0.2, 0.25) is 0 Å². The van der Waals surface area contributed by atoms with Crippen LogP contribution >= 0.6 is 0 Å². The molecule has 4 rings (SSSR count). The molecule has 164 valence electrons. The molecule has 0 aliphatic heterocycles. The van der Waals surface area contributed by atoms with E-state index in [4.69, 9.17) is 0 Å². The van der Waals surface area contributed by atoms with Gasteiger partial charge in [-0.3, -0.25) is 0 Å². The molecule has 2 N–H and O–H groups in total. The summed E-state index contributed by atoms with van der Waals surface area (Å²) >= 11 is 0. The van der Waals surface area contributed by atoms with Gasteiger partial charge in [-0.15, -0.1) is 0 Å². The van der Waals surface area contributed by atoms with Crippen molar-refractivity contribution >= 4 is 12.1 Å². The fourth-order valence-electron chi connectivity index (χ4n) is 8.97. The van der Waals surface area contributed by atoms with E-state index in [1.165, 1.54) is 6.42 Å². The van der Waals surface area contributed by atoms with Crippen molar-refractivity contribution in [2.75, 3.05) is 0 Å². The third kappa shape index (κ3) is 2.91. The van der Waals surface area contributed by atoms with E-state index in [-0.39, 0.29) is 28.4 Å². The normalized spacial score (nSPS) is 52.3. The van der Waals surface area contributed by atoms with Crippen molar-refractivity contribution in [1.29, 1.82) is 0 Å². The highest BCUT2D eigenvalue weighted by atomic mass is 16.3. The number of carbonyl (C=O) groups is 2. The van der Waals surface area contributed by atoms with E-state index in [1.54, 1.807) is 6.92 Å². The first-order valence-electron chi connectivity index (χ1n) is 11.9. The van der Waals surface area contributed by atoms with Crippen LogP contribution in [-0.2, 0) is 9.59 Å². The summed E-state index contributed by atoms with van der Waals surface area (Å²) in [5.74, 6) is 2.10. The topological polar surface area (TPSA) is 74.6 Å². The summed E-state index contributed by atoms with van der Waals surface area (Å²) in [5.41, 5.74) is -1.13. The standard InChI is InChI=1S/C25H40O4/c1-15(5-6-16(2)27)18-7-8-19-22-20(10-11-23(18,19)3)24(4)12-9-17(28)13-25(24,29)21(22)14-26/h14-15,17-22,28-29H,5-13H2,1-4H3/t15-,17+,18-,19?,20?,21?,22?,23-,24-,25-/m1/s1. The van der Waals surface area contributed by atoms with Gasteiger partial charge in [-0.1, -0.05) is 20.8 Å². The number of hydrogen-bond acceptors (Lipinski definition) is 4. The van der Waals surface area contributed by atoms with Crippen LogP contribution in [0.2, 0.25) is 0 Å². The van der Waals surface area contributed by atoms with E-state index in [0.717, 1.165) is 44.8 Å². The first kappa shape index (κ1) is 21.5. The van der Waals surface area contributed by atoms with Crippen molar-refractivity contribution < 1.29 is 19.8 Å². The zero-order chi connectivity index (χ0) is 21.2. The molecule has 0 amide bonds. The molecule has 29 heavy (non-hydrogen) atoms. The second-order valence-corrected chi connectivity index (χ2v) is 11.6. The SMILES string of the molecule is CC(=O)CC[C@@H](C)[C@H]1CCC2C3C(C=O)[C@]4(O)C[C@@H](O)CC[C@]4(C)C3CC[C@@]21C. The minimum absolute atomic E-state index is 0.192. The number of hydrogen-bond donors (Lipinski definition) is 2. The van der Waals surface area contributed by atoms with Crippen molar-refractivity contribution in [3.63, 3.8) is 0 Å². The van der Waals surface area contributed by atoms with Crippen LogP contribution in [0.15, 0.2) is 0 Å². The van der Waals surface area contributed by atoms with Gasteiger partial charge in [0.15, 0.2) is 0 Å². The lowest BCUT2D eigenvalue weighted by atomic mass is 9.53. The van der Waals surface area contributed by atoms with Gasteiger partial charge in [-0.25, -0.2) is 0 Å². The molecule has 0 bridgehead atoms. The van der Waals surface area contributed by atoms with Crippen LogP contribution in [0.3, 0.4) is 0 Å². The molecule has 0 aromatic carbocycles. The first-order valence-corrected chi connectivity index (χ1v) is 11.9. The van der Waals surface area contributed by atoms with Crippen molar-refractivity contribution in [3.05, 3.63) is 0 Å². The van der Waals surface area contributed by atoms with Crippen molar-refractivity contribution in [2.24, 2.45) is 46.3 Å². The van der Waals surface area contributed by atoms with Crippen LogP contribution in [0.1, 0.15) is 85.5 Å². The molecule has 4 aliphatic rings. The Morgan fingerprint density at radius 2 is 1.86 bits per heavy atom. The summed E-state index contributed by atoms with van der Waals surface area (Å²) in [7, 11) is 0. The van der Waals surface area contributed by atoms with Gasteiger partial charge in [-0.2, -0.15) is 0 Å². The van der Waals surface area contributed by atoms with Gasteiger partial charge in [0.1, 0.15) is 12.1 Å². The van der Waals surface area contributed by atoms with Crippen molar-refractivity contribution in [2.45, 2.75) is 97.2 Å². The zero-order valence-corrected chi connectivity index (χ0v) is 18.7. The molecule has 4 fully saturated rings. The molecule has 0 saturated heterocycles. The molecule has 0 radical (unpaired) electrons. The van der Waals surface area contributed by atoms with E-state index in [0.29, 0.717) is 36.5 Å². The smallest absolute Gasteiger partial charge is 0.129 e. The summed E-state index contributed by atoms with van der Waals surface area (Å²) in [6.07, 6.45) is 8.61. The molecule has 10 atom stereocenters. The molecule has 0 aromatic heterocycles. The number of rotatable bonds is 5. The molecular formula is C25H40O4. The lowest BCUT2D eigenvalue weighted by Gasteiger charge is -2.52. The van der Waals surface area contributed by atoms with Gasteiger partial charge < -0.3 is 19.8 Å². The number of aliphatic hydroxyl groups excluding tert-OH is 1. The Morgan fingerprint density at radius 3 is 2.52 bits per heavy atom. The highest BCUT2D eigenvalue weighted by molar-refractivity contribution is 5.75. The summed E-state index contributed by atoms with van der Waals surface area (Å²) in [4.78, 5) is 23.9. The van der Waals surface area contributed by atoms with Crippen molar-refractivity contribution in [3.8, 4) is 0 Å². The highest BCUT2D eigenvalue weighted by Crippen LogP contribution is 2.72. The number of fused-ring (bicyclic) bond motifs is 5. The van der Waals surface area contributed by atoms with Gasteiger partial charge >= 0.3 is 0 Å². The summed E-state index contributed by atoms with van der Waals surface area (Å²) in [6.45, 7) is 8.62. The van der Waals surface area contributed by atoms with Crippen LogP contribution in [0.5, 0.6) is 0 Å². The molecule has 4 saturated carbocycles. The molecule has 4 unspecified atom stereocenters. The van der Waals surface area contributed by atoms with Crippen LogP contribution in [0, 0.1) is 46.3 Å². The fourth-order valence-corrected chi connectivity index (χ4v) is 8.97. The number of ketones is 1. The second kappa shape index (κ2) is 7.15. The van der Waals surface area contributed by atoms with Gasteiger partial charge in [0.05, 0.1) is 11.7 Å². The Balaban J connectivity index is 1.65.